The maximum absolute atomic E-state index is 11.1. The molecule has 1 unspecified atom stereocenters. The fourth-order valence-corrected chi connectivity index (χ4v) is 2.14. The van der Waals surface area contributed by atoms with E-state index in [0.717, 1.165) is 22.7 Å². The van der Waals surface area contributed by atoms with Crippen LogP contribution in [0, 0.1) is 0 Å². The van der Waals surface area contributed by atoms with Crippen molar-refractivity contribution in [2.75, 3.05) is 17.7 Å². The predicted molar refractivity (Wildman–Crippen MR) is 85.8 cm³/mol. The molecule has 0 spiro atoms. The van der Waals surface area contributed by atoms with Crippen molar-refractivity contribution < 1.29 is 9.53 Å². The number of rotatable bonds is 5. The number of hydrogen-bond acceptors (Lipinski definition) is 3. The van der Waals surface area contributed by atoms with E-state index in [-0.39, 0.29) is 11.9 Å². The minimum Gasteiger partial charge on any atom is -0.497 e. The van der Waals surface area contributed by atoms with E-state index in [0.29, 0.717) is 0 Å². The summed E-state index contributed by atoms with van der Waals surface area (Å²) in [6, 6.07) is 15.7. The summed E-state index contributed by atoms with van der Waals surface area (Å²) in [6.07, 6.45) is 0. The number of carbonyl (C=O) groups excluding carboxylic acids is 1. The second kappa shape index (κ2) is 6.79. The van der Waals surface area contributed by atoms with E-state index in [1.54, 1.807) is 7.11 Å². The van der Waals surface area contributed by atoms with Gasteiger partial charge in [-0.05, 0) is 36.8 Å². The Morgan fingerprint density at radius 3 is 2.52 bits per heavy atom. The topological polar surface area (TPSA) is 50.4 Å². The molecule has 0 saturated heterocycles. The van der Waals surface area contributed by atoms with E-state index in [4.69, 9.17) is 4.74 Å². The lowest BCUT2D eigenvalue weighted by molar-refractivity contribution is -0.114. The normalized spacial score (nSPS) is 11.6. The highest BCUT2D eigenvalue weighted by atomic mass is 16.5. The molecule has 0 saturated carbocycles. The summed E-state index contributed by atoms with van der Waals surface area (Å²) in [7, 11) is 1.65. The quantitative estimate of drug-likeness (QED) is 0.877. The van der Waals surface area contributed by atoms with Gasteiger partial charge in [-0.3, -0.25) is 4.79 Å². The van der Waals surface area contributed by atoms with Crippen molar-refractivity contribution in [1.29, 1.82) is 0 Å². The van der Waals surface area contributed by atoms with Crippen molar-refractivity contribution >= 4 is 17.3 Å². The summed E-state index contributed by atoms with van der Waals surface area (Å²) in [5.41, 5.74) is 2.90. The molecule has 2 rings (SSSR count). The Kier molecular flexibility index (Phi) is 4.82. The molecule has 0 aliphatic rings. The van der Waals surface area contributed by atoms with Crippen LogP contribution in [0.25, 0.3) is 0 Å². The number of benzene rings is 2. The predicted octanol–water partition coefficient (Wildman–Crippen LogP) is 3.83. The molecule has 0 bridgehead atoms. The van der Waals surface area contributed by atoms with Crippen LogP contribution < -0.4 is 15.4 Å². The molecule has 0 aliphatic heterocycles. The molecule has 0 radical (unpaired) electrons. The average molecular weight is 284 g/mol. The lowest BCUT2D eigenvalue weighted by Crippen LogP contribution is -2.09. The van der Waals surface area contributed by atoms with E-state index in [9.17, 15) is 4.79 Å². The summed E-state index contributed by atoms with van der Waals surface area (Å²) in [5.74, 6) is 0.750. The van der Waals surface area contributed by atoms with Gasteiger partial charge in [0.25, 0.3) is 0 Å². The smallest absolute Gasteiger partial charge is 0.221 e. The van der Waals surface area contributed by atoms with Gasteiger partial charge in [-0.15, -0.1) is 0 Å². The summed E-state index contributed by atoms with van der Waals surface area (Å²) >= 11 is 0. The van der Waals surface area contributed by atoms with Crippen LogP contribution in [0.3, 0.4) is 0 Å². The molecule has 0 aromatic heterocycles. The highest BCUT2D eigenvalue weighted by Gasteiger charge is 2.07. The first-order valence-corrected chi connectivity index (χ1v) is 6.86. The van der Waals surface area contributed by atoms with Gasteiger partial charge < -0.3 is 15.4 Å². The number of carbonyl (C=O) groups is 1. The summed E-state index contributed by atoms with van der Waals surface area (Å²) in [5, 5.41) is 6.22. The number of ether oxygens (including phenoxy) is 1. The van der Waals surface area contributed by atoms with Crippen molar-refractivity contribution in [3.05, 3.63) is 54.1 Å². The molecular formula is C17H20N2O2. The highest BCUT2D eigenvalue weighted by molar-refractivity contribution is 5.88. The number of hydrogen-bond donors (Lipinski definition) is 2. The molecule has 21 heavy (non-hydrogen) atoms. The van der Waals surface area contributed by atoms with Gasteiger partial charge >= 0.3 is 0 Å². The van der Waals surface area contributed by atoms with Crippen LogP contribution in [-0.2, 0) is 4.79 Å². The number of nitrogens with one attached hydrogen (secondary N) is 2. The van der Waals surface area contributed by atoms with E-state index in [1.807, 2.05) is 48.5 Å². The van der Waals surface area contributed by atoms with Crippen LogP contribution in [0.5, 0.6) is 5.75 Å². The maximum atomic E-state index is 11.1. The Labute approximate surface area is 125 Å². The van der Waals surface area contributed by atoms with E-state index < -0.39 is 0 Å². The molecule has 0 fully saturated rings. The Morgan fingerprint density at radius 2 is 1.81 bits per heavy atom. The molecule has 4 nitrogen and oxygen atoms in total. The second-order valence-electron chi connectivity index (χ2n) is 4.90. The van der Waals surface area contributed by atoms with Crippen LogP contribution in [0.2, 0.25) is 0 Å². The summed E-state index contributed by atoms with van der Waals surface area (Å²) in [6.45, 7) is 3.58. The molecule has 1 amide bonds. The van der Waals surface area contributed by atoms with Gasteiger partial charge in [-0.1, -0.05) is 18.2 Å². The van der Waals surface area contributed by atoms with Crippen LogP contribution >= 0.6 is 0 Å². The van der Waals surface area contributed by atoms with Gasteiger partial charge in [-0.2, -0.15) is 0 Å². The minimum atomic E-state index is -0.0689. The van der Waals surface area contributed by atoms with Crippen molar-refractivity contribution in [2.45, 2.75) is 19.9 Å². The Balaban J connectivity index is 2.12. The van der Waals surface area contributed by atoms with Crippen molar-refractivity contribution in [1.82, 2.24) is 0 Å². The van der Waals surface area contributed by atoms with Crippen LogP contribution in [-0.4, -0.2) is 13.0 Å². The molecule has 4 heteroatoms. The van der Waals surface area contributed by atoms with Crippen LogP contribution in [0.4, 0.5) is 11.4 Å². The first-order chi connectivity index (χ1) is 10.1. The standard InChI is InChI=1S/C17H20N2O2/c1-12(18-16-8-5-9-17(11-16)21-3)14-6-4-7-15(10-14)19-13(2)20/h4-12,18H,1-3H3,(H,19,20). The van der Waals surface area contributed by atoms with Crippen molar-refractivity contribution in [2.24, 2.45) is 0 Å². The van der Waals surface area contributed by atoms with Crippen LogP contribution in [0.1, 0.15) is 25.5 Å². The molecule has 0 aliphatic carbocycles. The molecule has 110 valence electrons. The van der Waals surface area contributed by atoms with Crippen molar-refractivity contribution in [3.63, 3.8) is 0 Å². The third kappa shape index (κ3) is 4.24. The summed E-state index contributed by atoms with van der Waals surface area (Å²) in [4.78, 5) is 11.1. The monoisotopic (exact) mass is 284 g/mol. The SMILES string of the molecule is COc1cccc(NC(C)c2cccc(NC(C)=O)c2)c1. The number of methoxy groups -OCH3 is 1. The molecule has 1 atom stereocenters. The molecule has 2 N–H and O–H groups in total. The van der Waals surface area contributed by atoms with Gasteiger partial charge in [0, 0.05) is 30.4 Å². The number of amides is 1. The van der Waals surface area contributed by atoms with Gasteiger partial charge in [-0.25, -0.2) is 0 Å². The lowest BCUT2D eigenvalue weighted by atomic mass is 10.1. The van der Waals surface area contributed by atoms with Crippen LogP contribution in [0.15, 0.2) is 48.5 Å². The average Bonchev–Trinajstić information content (AvgIpc) is 2.47. The summed E-state index contributed by atoms with van der Waals surface area (Å²) < 4.78 is 5.22. The fourth-order valence-electron chi connectivity index (χ4n) is 2.14. The Hall–Kier alpha value is -2.49. The third-order valence-electron chi connectivity index (χ3n) is 3.16. The van der Waals surface area contributed by atoms with Gasteiger partial charge in [0.2, 0.25) is 5.91 Å². The molecular weight excluding hydrogens is 264 g/mol. The van der Waals surface area contributed by atoms with Crippen molar-refractivity contribution in [3.8, 4) is 5.75 Å². The zero-order chi connectivity index (χ0) is 15.2. The molecule has 2 aromatic rings. The van der Waals surface area contributed by atoms with E-state index in [1.165, 1.54) is 6.92 Å². The first-order valence-electron chi connectivity index (χ1n) is 6.86. The maximum Gasteiger partial charge on any atom is 0.221 e. The Morgan fingerprint density at radius 1 is 1.10 bits per heavy atom. The first kappa shape index (κ1) is 14.9. The fraction of sp³-hybridized carbons (Fsp3) is 0.235. The molecule has 0 heterocycles. The van der Waals surface area contributed by atoms with Gasteiger partial charge in [0.15, 0.2) is 0 Å². The van der Waals surface area contributed by atoms with E-state index >= 15 is 0 Å². The number of anilines is 2. The minimum absolute atomic E-state index is 0.0689. The van der Waals surface area contributed by atoms with Gasteiger partial charge in [0.1, 0.15) is 5.75 Å². The van der Waals surface area contributed by atoms with E-state index in [2.05, 4.69) is 17.6 Å². The van der Waals surface area contributed by atoms with Gasteiger partial charge in [0.05, 0.1) is 7.11 Å². The second-order valence-corrected chi connectivity index (χ2v) is 4.90. The Bertz CT molecular complexity index is 626. The zero-order valence-corrected chi connectivity index (χ0v) is 12.5. The highest BCUT2D eigenvalue weighted by Crippen LogP contribution is 2.24. The molecule has 2 aromatic carbocycles. The largest absolute Gasteiger partial charge is 0.497 e. The third-order valence-corrected chi connectivity index (χ3v) is 3.16. The lowest BCUT2D eigenvalue weighted by Gasteiger charge is -2.17. The zero-order valence-electron chi connectivity index (χ0n) is 12.5.